The predicted octanol–water partition coefficient (Wildman–Crippen LogP) is 3.56. The molecule has 4 nitrogen and oxygen atoms in total. The van der Waals surface area contributed by atoms with E-state index in [1.807, 2.05) is 6.07 Å². The molecule has 0 radical (unpaired) electrons. The Morgan fingerprint density at radius 3 is 2.64 bits per heavy atom. The van der Waals surface area contributed by atoms with Gasteiger partial charge in [-0.05, 0) is 25.1 Å². The number of carbonyl (C=O) groups excluding carboxylic acids is 1. The number of ketones is 1. The zero-order valence-corrected chi connectivity index (χ0v) is 12.6. The second-order valence-corrected chi connectivity index (χ2v) is 5.50. The van der Waals surface area contributed by atoms with E-state index in [1.165, 1.54) is 0 Å². The molecule has 22 heavy (non-hydrogen) atoms. The van der Waals surface area contributed by atoms with Crippen LogP contribution in [0.1, 0.15) is 28.9 Å². The third-order valence-corrected chi connectivity index (χ3v) is 3.78. The fraction of sp³-hybridized carbons (Fsp3) is 0.118. The van der Waals surface area contributed by atoms with Crippen LogP contribution in [0.5, 0.6) is 0 Å². The number of aromatic nitrogens is 2. The quantitative estimate of drug-likeness (QED) is 0.752. The molecule has 0 aliphatic carbocycles. The summed E-state index contributed by atoms with van der Waals surface area (Å²) in [6.45, 7) is 1.69. The molecule has 3 aromatic rings. The van der Waals surface area contributed by atoms with Gasteiger partial charge >= 0.3 is 0 Å². The fourth-order valence-electron chi connectivity index (χ4n) is 2.34. The number of aromatic amines is 1. The summed E-state index contributed by atoms with van der Waals surface area (Å²) in [5.41, 5.74) is 1.56. The van der Waals surface area contributed by atoms with Crippen LogP contribution < -0.4 is 5.56 Å². The van der Waals surface area contributed by atoms with Gasteiger partial charge in [0.25, 0.3) is 5.56 Å². The van der Waals surface area contributed by atoms with Gasteiger partial charge in [-0.3, -0.25) is 9.59 Å². The summed E-state index contributed by atoms with van der Waals surface area (Å²) >= 11 is 5.90. The normalized spacial score (nSPS) is 12.3. The first-order valence-electron chi connectivity index (χ1n) is 6.85. The lowest BCUT2D eigenvalue weighted by Gasteiger charge is -2.10. The highest BCUT2D eigenvalue weighted by Gasteiger charge is 2.21. The van der Waals surface area contributed by atoms with Crippen LogP contribution in [0, 0.1) is 0 Å². The van der Waals surface area contributed by atoms with Crippen LogP contribution in [0.25, 0.3) is 11.0 Å². The molecule has 0 saturated carbocycles. The summed E-state index contributed by atoms with van der Waals surface area (Å²) in [5, 5.41) is 0.520. The van der Waals surface area contributed by atoms with Crippen molar-refractivity contribution in [2.75, 3.05) is 0 Å². The number of carbonyl (C=O) groups is 1. The van der Waals surface area contributed by atoms with Crippen molar-refractivity contribution in [3.05, 3.63) is 75.2 Å². The van der Waals surface area contributed by atoms with Crippen molar-refractivity contribution < 1.29 is 4.79 Å². The van der Waals surface area contributed by atoms with Gasteiger partial charge in [-0.25, -0.2) is 4.98 Å². The van der Waals surface area contributed by atoms with Gasteiger partial charge in [-0.15, -0.1) is 0 Å². The van der Waals surface area contributed by atoms with Crippen molar-refractivity contribution in [3.63, 3.8) is 0 Å². The molecule has 1 aromatic heterocycles. The third kappa shape index (κ3) is 2.65. The number of H-pyrrole nitrogens is 1. The Bertz CT molecular complexity index is 903. The van der Waals surface area contributed by atoms with E-state index < -0.39 is 5.92 Å². The molecular formula is C17H13ClN2O2. The van der Waals surface area contributed by atoms with Crippen molar-refractivity contribution in [1.82, 2.24) is 9.97 Å². The number of fused-ring (bicyclic) bond motifs is 1. The summed E-state index contributed by atoms with van der Waals surface area (Å²) in [7, 11) is 0. The van der Waals surface area contributed by atoms with Gasteiger partial charge < -0.3 is 4.98 Å². The molecule has 5 heteroatoms. The van der Waals surface area contributed by atoms with Crippen molar-refractivity contribution in [3.8, 4) is 0 Å². The van der Waals surface area contributed by atoms with Crippen molar-refractivity contribution in [1.29, 1.82) is 0 Å². The monoisotopic (exact) mass is 312 g/mol. The molecule has 0 spiro atoms. The minimum Gasteiger partial charge on any atom is -0.319 e. The number of benzene rings is 2. The zero-order valence-electron chi connectivity index (χ0n) is 11.8. The van der Waals surface area contributed by atoms with E-state index in [4.69, 9.17) is 11.6 Å². The van der Waals surface area contributed by atoms with Crippen LogP contribution in [-0.2, 0) is 0 Å². The Morgan fingerprint density at radius 2 is 1.91 bits per heavy atom. The highest BCUT2D eigenvalue weighted by atomic mass is 35.5. The van der Waals surface area contributed by atoms with Crippen molar-refractivity contribution in [2.45, 2.75) is 12.8 Å². The molecule has 110 valence electrons. The van der Waals surface area contributed by atoms with E-state index in [1.54, 1.807) is 49.4 Å². The van der Waals surface area contributed by atoms with Crippen LogP contribution in [0.4, 0.5) is 0 Å². The van der Waals surface area contributed by atoms with E-state index in [0.29, 0.717) is 21.6 Å². The molecule has 0 amide bonds. The Balaban J connectivity index is 2.06. The lowest BCUT2D eigenvalue weighted by atomic mass is 9.96. The Morgan fingerprint density at radius 1 is 1.18 bits per heavy atom. The van der Waals surface area contributed by atoms with Crippen LogP contribution in [-0.4, -0.2) is 15.8 Å². The van der Waals surface area contributed by atoms with E-state index >= 15 is 0 Å². The summed E-state index contributed by atoms with van der Waals surface area (Å²) in [5.74, 6) is -0.752. The third-order valence-electron chi connectivity index (χ3n) is 3.54. The Hall–Kier alpha value is -2.46. The molecule has 0 bridgehead atoms. The average Bonchev–Trinajstić information content (AvgIpc) is 2.53. The number of Topliss-reactive ketones (excluding diaryl/α,β-unsaturated/α-hetero) is 1. The van der Waals surface area contributed by atoms with Crippen LogP contribution in [0.15, 0.2) is 53.3 Å². The summed E-state index contributed by atoms with van der Waals surface area (Å²) in [6, 6.07) is 13.9. The maximum atomic E-state index is 12.5. The Kier molecular flexibility index (Phi) is 3.77. The summed E-state index contributed by atoms with van der Waals surface area (Å²) in [6.07, 6.45) is 0. The van der Waals surface area contributed by atoms with Gasteiger partial charge in [0.05, 0.1) is 17.0 Å². The summed E-state index contributed by atoms with van der Waals surface area (Å²) in [4.78, 5) is 31.8. The topological polar surface area (TPSA) is 62.8 Å². The first-order chi connectivity index (χ1) is 10.6. The molecule has 2 aromatic carbocycles. The molecule has 0 unspecified atom stereocenters. The molecular weight excluding hydrogens is 300 g/mol. The van der Waals surface area contributed by atoms with Gasteiger partial charge in [0, 0.05) is 10.6 Å². The van der Waals surface area contributed by atoms with Crippen LogP contribution in [0.3, 0.4) is 0 Å². The smallest absolute Gasteiger partial charge is 0.270 e. The number of hydrogen-bond acceptors (Lipinski definition) is 3. The van der Waals surface area contributed by atoms with Gasteiger partial charge in [-0.2, -0.15) is 0 Å². The van der Waals surface area contributed by atoms with Crippen LogP contribution in [0.2, 0.25) is 5.02 Å². The van der Waals surface area contributed by atoms with E-state index in [9.17, 15) is 9.59 Å². The predicted molar refractivity (Wildman–Crippen MR) is 86.6 cm³/mol. The van der Waals surface area contributed by atoms with Gasteiger partial charge in [0.15, 0.2) is 5.78 Å². The number of nitrogens with one attached hydrogen (secondary N) is 1. The molecule has 0 fully saturated rings. The van der Waals surface area contributed by atoms with Crippen molar-refractivity contribution >= 4 is 28.4 Å². The maximum absolute atomic E-state index is 12.5. The largest absolute Gasteiger partial charge is 0.319 e. The fourth-order valence-corrected chi connectivity index (χ4v) is 2.51. The highest BCUT2D eigenvalue weighted by Crippen LogP contribution is 2.19. The standard InChI is InChI=1S/C17H13ClN2O2/c1-10(16(21)11-5-3-2-4-6-11)15-17(22)20-14-9-12(18)7-8-13(14)19-15/h2-10H,1H3,(H,20,22)/t10-/m0/s1. The lowest BCUT2D eigenvalue weighted by Crippen LogP contribution is -2.22. The molecule has 1 atom stereocenters. The molecule has 0 aliphatic rings. The maximum Gasteiger partial charge on any atom is 0.270 e. The molecule has 0 aliphatic heterocycles. The minimum atomic E-state index is -0.619. The molecule has 0 saturated heterocycles. The highest BCUT2D eigenvalue weighted by molar-refractivity contribution is 6.31. The lowest BCUT2D eigenvalue weighted by molar-refractivity contribution is 0.0964. The minimum absolute atomic E-state index is 0.132. The zero-order chi connectivity index (χ0) is 15.7. The van der Waals surface area contributed by atoms with E-state index in [2.05, 4.69) is 9.97 Å². The number of nitrogens with zero attached hydrogens (tertiary/aromatic N) is 1. The molecule has 3 rings (SSSR count). The van der Waals surface area contributed by atoms with Crippen molar-refractivity contribution in [2.24, 2.45) is 0 Å². The first kappa shape index (κ1) is 14.5. The van der Waals surface area contributed by atoms with Crippen LogP contribution >= 0.6 is 11.6 Å². The van der Waals surface area contributed by atoms with Gasteiger partial charge in [0.2, 0.25) is 0 Å². The first-order valence-corrected chi connectivity index (χ1v) is 7.23. The molecule has 1 heterocycles. The second kappa shape index (κ2) is 5.73. The van der Waals surface area contributed by atoms with Gasteiger partial charge in [0.1, 0.15) is 5.69 Å². The Labute approximate surface area is 131 Å². The summed E-state index contributed by atoms with van der Waals surface area (Å²) < 4.78 is 0. The average molecular weight is 313 g/mol. The number of rotatable bonds is 3. The molecule has 1 N–H and O–H groups in total. The van der Waals surface area contributed by atoms with Gasteiger partial charge in [-0.1, -0.05) is 41.9 Å². The number of halogens is 1. The number of hydrogen-bond donors (Lipinski definition) is 1. The van der Waals surface area contributed by atoms with E-state index in [0.717, 1.165) is 0 Å². The van der Waals surface area contributed by atoms with E-state index in [-0.39, 0.29) is 17.0 Å². The SMILES string of the molecule is C[C@H](C(=O)c1ccccc1)c1nc2ccc(Cl)cc2[nH]c1=O. The second-order valence-electron chi connectivity index (χ2n) is 5.06.